The summed E-state index contributed by atoms with van der Waals surface area (Å²) in [4.78, 5) is 0. The fraction of sp³-hybridized carbons (Fsp3) is 0.250. The van der Waals surface area contributed by atoms with Crippen LogP contribution >= 0.6 is 0 Å². The van der Waals surface area contributed by atoms with Gasteiger partial charge in [-0.3, -0.25) is 0 Å². The van der Waals surface area contributed by atoms with Crippen molar-refractivity contribution in [1.82, 2.24) is 0 Å². The zero-order valence-electron chi connectivity index (χ0n) is 5.55. The molecule has 0 aromatic heterocycles. The van der Waals surface area contributed by atoms with Gasteiger partial charge in [0.1, 0.15) is 5.76 Å². The van der Waals surface area contributed by atoms with Crippen LogP contribution in [0.5, 0.6) is 0 Å². The van der Waals surface area contributed by atoms with Crippen LogP contribution in [0, 0.1) is 0 Å². The molecule has 0 saturated heterocycles. The Morgan fingerprint density at radius 3 is 2.89 bits per heavy atom. The van der Waals surface area contributed by atoms with Crippen molar-refractivity contribution in [2.24, 2.45) is 0 Å². The summed E-state index contributed by atoms with van der Waals surface area (Å²) in [5.74, 6) is 0.895. The van der Waals surface area contributed by atoms with Gasteiger partial charge in [0.2, 0.25) is 0 Å². The van der Waals surface area contributed by atoms with Gasteiger partial charge in [-0.1, -0.05) is 12.7 Å². The first kappa shape index (κ1) is 6.14. The van der Waals surface area contributed by atoms with Gasteiger partial charge in [-0.15, -0.1) is 0 Å². The van der Waals surface area contributed by atoms with Crippen molar-refractivity contribution in [3.05, 3.63) is 36.1 Å². The summed E-state index contributed by atoms with van der Waals surface area (Å²) in [6.45, 7) is 3.80. The highest BCUT2D eigenvalue weighted by Gasteiger charge is 1.96. The molecule has 0 bridgehead atoms. The van der Waals surface area contributed by atoms with Crippen molar-refractivity contribution in [2.45, 2.75) is 6.42 Å². The number of hydrogen-bond donors (Lipinski definition) is 0. The number of rotatable bonds is 1. The summed E-state index contributed by atoms with van der Waals surface area (Å²) in [6, 6.07) is 0. The summed E-state index contributed by atoms with van der Waals surface area (Å²) in [5, 5.41) is 0. The van der Waals surface area contributed by atoms with E-state index in [1.54, 1.807) is 7.11 Å². The highest BCUT2D eigenvalue weighted by atomic mass is 16.5. The lowest BCUT2D eigenvalue weighted by Crippen LogP contribution is -1.88. The molecular formula is C8H10O. The molecule has 0 N–H and O–H groups in total. The minimum atomic E-state index is 0.895. The molecule has 1 rings (SSSR count). The second kappa shape index (κ2) is 2.53. The van der Waals surface area contributed by atoms with E-state index in [-0.39, 0.29) is 0 Å². The van der Waals surface area contributed by atoms with Crippen molar-refractivity contribution >= 4 is 0 Å². The fourth-order valence-electron chi connectivity index (χ4n) is 0.762. The molecule has 0 radical (unpaired) electrons. The van der Waals surface area contributed by atoms with E-state index in [4.69, 9.17) is 4.74 Å². The second-order valence-corrected chi connectivity index (χ2v) is 2.02. The molecule has 1 heteroatoms. The molecule has 1 nitrogen and oxygen atoms in total. The smallest absolute Gasteiger partial charge is 0.118 e. The second-order valence-electron chi connectivity index (χ2n) is 2.02. The Balaban J connectivity index is 2.70. The summed E-state index contributed by atoms with van der Waals surface area (Å²) < 4.78 is 4.97. The lowest BCUT2D eigenvalue weighted by atomic mass is 10.1. The molecule has 9 heavy (non-hydrogen) atoms. The first-order valence-electron chi connectivity index (χ1n) is 2.93. The third kappa shape index (κ3) is 1.46. The minimum Gasteiger partial charge on any atom is -0.497 e. The van der Waals surface area contributed by atoms with E-state index < -0.39 is 0 Å². The van der Waals surface area contributed by atoms with Gasteiger partial charge in [-0.2, -0.15) is 0 Å². The lowest BCUT2D eigenvalue weighted by molar-refractivity contribution is 0.305. The molecule has 0 amide bonds. The third-order valence-electron chi connectivity index (χ3n) is 1.24. The average Bonchev–Trinajstić information content (AvgIpc) is 1.88. The van der Waals surface area contributed by atoms with E-state index in [0.717, 1.165) is 17.8 Å². The Hall–Kier alpha value is -0.980. The van der Waals surface area contributed by atoms with E-state index in [1.165, 1.54) is 0 Å². The number of methoxy groups -OCH3 is 1. The van der Waals surface area contributed by atoms with Crippen molar-refractivity contribution in [2.75, 3.05) is 7.11 Å². The van der Waals surface area contributed by atoms with Crippen LogP contribution in [0.15, 0.2) is 36.1 Å². The van der Waals surface area contributed by atoms with Crippen molar-refractivity contribution < 1.29 is 4.74 Å². The number of ether oxygens (including phenoxy) is 1. The standard InChI is InChI=1S/C8H10O/c1-7-4-3-5-8(6-7)9-2/h3,5-6H,1,4H2,2H3. The molecule has 0 spiro atoms. The predicted octanol–water partition coefficient (Wildman–Crippen LogP) is 2.03. The Morgan fingerprint density at radius 1 is 1.67 bits per heavy atom. The normalized spacial score (nSPS) is 17.4. The van der Waals surface area contributed by atoms with E-state index in [1.807, 2.05) is 18.2 Å². The molecular weight excluding hydrogens is 112 g/mol. The van der Waals surface area contributed by atoms with E-state index in [0.29, 0.717) is 0 Å². The molecule has 0 aromatic rings. The number of allylic oxidation sites excluding steroid dienone is 4. The summed E-state index contributed by atoms with van der Waals surface area (Å²) in [7, 11) is 1.66. The minimum absolute atomic E-state index is 0.895. The van der Waals surface area contributed by atoms with Gasteiger partial charge in [-0.05, 0) is 24.1 Å². The van der Waals surface area contributed by atoms with E-state index in [9.17, 15) is 0 Å². The predicted molar refractivity (Wildman–Crippen MR) is 38.0 cm³/mol. The van der Waals surface area contributed by atoms with Crippen LogP contribution in [-0.4, -0.2) is 7.11 Å². The van der Waals surface area contributed by atoms with Crippen LogP contribution in [0.1, 0.15) is 6.42 Å². The van der Waals surface area contributed by atoms with Gasteiger partial charge in [0.25, 0.3) is 0 Å². The first-order valence-corrected chi connectivity index (χ1v) is 2.93. The lowest BCUT2D eigenvalue weighted by Gasteiger charge is -2.05. The fourth-order valence-corrected chi connectivity index (χ4v) is 0.762. The Kier molecular flexibility index (Phi) is 1.73. The number of hydrogen-bond acceptors (Lipinski definition) is 1. The van der Waals surface area contributed by atoms with Crippen LogP contribution in [-0.2, 0) is 4.74 Å². The topological polar surface area (TPSA) is 9.23 Å². The van der Waals surface area contributed by atoms with Crippen LogP contribution < -0.4 is 0 Å². The quantitative estimate of drug-likeness (QED) is 0.517. The average molecular weight is 122 g/mol. The van der Waals surface area contributed by atoms with Crippen LogP contribution in [0.4, 0.5) is 0 Å². The molecule has 0 fully saturated rings. The molecule has 0 aliphatic heterocycles. The van der Waals surface area contributed by atoms with Gasteiger partial charge in [0.15, 0.2) is 0 Å². The maximum atomic E-state index is 4.97. The largest absolute Gasteiger partial charge is 0.497 e. The van der Waals surface area contributed by atoms with Gasteiger partial charge in [0.05, 0.1) is 7.11 Å². The molecule has 48 valence electrons. The van der Waals surface area contributed by atoms with E-state index >= 15 is 0 Å². The molecule has 1 aliphatic rings. The molecule has 0 unspecified atom stereocenters. The summed E-state index contributed by atoms with van der Waals surface area (Å²) in [6.07, 6.45) is 6.89. The monoisotopic (exact) mass is 122 g/mol. The Labute approximate surface area is 55.3 Å². The van der Waals surface area contributed by atoms with E-state index in [2.05, 4.69) is 6.58 Å². The van der Waals surface area contributed by atoms with Crippen LogP contribution in [0.25, 0.3) is 0 Å². The molecule has 0 atom stereocenters. The maximum absolute atomic E-state index is 4.97. The van der Waals surface area contributed by atoms with Gasteiger partial charge < -0.3 is 4.74 Å². The van der Waals surface area contributed by atoms with Crippen molar-refractivity contribution in [1.29, 1.82) is 0 Å². The molecule has 0 heterocycles. The maximum Gasteiger partial charge on any atom is 0.118 e. The van der Waals surface area contributed by atoms with Crippen molar-refractivity contribution in [3.8, 4) is 0 Å². The zero-order valence-corrected chi connectivity index (χ0v) is 5.55. The summed E-state index contributed by atoms with van der Waals surface area (Å²) in [5.41, 5.74) is 1.11. The van der Waals surface area contributed by atoms with Gasteiger partial charge in [-0.25, -0.2) is 0 Å². The molecule has 1 aliphatic carbocycles. The highest BCUT2D eigenvalue weighted by Crippen LogP contribution is 2.13. The Bertz CT molecular complexity index is 175. The molecule has 0 saturated carbocycles. The zero-order chi connectivity index (χ0) is 6.69. The van der Waals surface area contributed by atoms with Gasteiger partial charge >= 0.3 is 0 Å². The summed E-state index contributed by atoms with van der Waals surface area (Å²) >= 11 is 0. The highest BCUT2D eigenvalue weighted by molar-refractivity contribution is 5.31. The Morgan fingerprint density at radius 2 is 2.44 bits per heavy atom. The van der Waals surface area contributed by atoms with Crippen LogP contribution in [0.3, 0.4) is 0 Å². The third-order valence-corrected chi connectivity index (χ3v) is 1.24. The van der Waals surface area contributed by atoms with Crippen molar-refractivity contribution in [3.63, 3.8) is 0 Å². The first-order chi connectivity index (χ1) is 4.33. The SMILES string of the molecule is C=C1C=C(OC)C=CC1. The van der Waals surface area contributed by atoms with Gasteiger partial charge in [0, 0.05) is 0 Å². The van der Waals surface area contributed by atoms with Crippen LogP contribution in [0.2, 0.25) is 0 Å². The molecule has 0 aromatic carbocycles.